The van der Waals surface area contributed by atoms with Crippen molar-refractivity contribution in [3.63, 3.8) is 0 Å². The van der Waals surface area contributed by atoms with Crippen LogP contribution in [0.15, 0.2) is 22.8 Å². The van der Waals surface area contributed by atoms with Crippen LogP contribution in [0.4, 0.5) is 0 Å². The minimum atomic E-state index is 0.00421. The lowest BCUT2D eigenvalue weighted by molar-refractivity contribution is 0.0827. The van der Waals surface area contributed by atoms with Gasteiger partial charge in [-0.3, -0.25) is 4.90 Å². The Hall–Kier alpha value is -0.840. The molecular weight excluding hydrogens is 192 g/mol. The normalized spacial score (nSPS) is 25.3. The zero-order chi connectivity index (χ0) is 10.7. The predicted molar refractivity (Wildman–Crippen MR) is 57.6 cm³/mol. The Morgan fingerprint density at radius 1 is 1.73 bits per heavy atom. The summed E-state index contributed by atoms with van der Waals surface area (Å²) in [5.41, 5.74) is 0. The van der Waals surface area contributed by atoms with Crippen molar-refractivity contribution in [3.05, 3.63) is 24.2 Å². The van der Waals surface area contributed by atoms with E-state index in [9.17, 15) is 5.11 Å². The van der Waals surface area contributed by atoms with Gasteiger partial charge in [-0.25, -0.2) is 0 Å². The molecule has 0 aromatic carbocycles. The van der Waals surface area contributed by atoms with Gasteiger partial charge in [0.25, 0.3) is 0 Å². The van der Waals surface area contributed by atoms with Crippen LogP contribution in [0.1, 0.15) is 18.7 Å². The smallest absolute Gasteiger partial charge is 0.123 e. The van der Waals surface area contributed by atoms with E-state index in [2.05, 4.69) is 17.1 Å². The van der Waals surface area contributed by atoms with Crippen molar-refractivity contribution in [2.45, 2.75) is 19.0 Å². The third kappa shape index (κ3) is 2.40. The third-order valence-corrected chi connectivity index (χ3v) is 2.89. The summed E-state index contributed by atoms with van der Waals surface area (Å²) in [4.78, 5) is 2.26. The molecule has 0 saturated carbocycles. The van der Waals surface area contributed by atoms with Crippen molar-refractivity contribution >= 4 is 0 Å². The molecule has 0 bridgehead atoms. The van der Waals surface area contributed by atoms with Crippen LogP contribution < -0.4 is 5.32 Å². The van der Waals surface area contributed by atoms with E-state index >= 15 is 0 Å². The first-order valence-electron chi connectivity index (χ1n) is 5.43. The highest BCUT2D eigenvalue weighted by Crippen LogP contribution is 2.21. The van der Waals surface area contributed by atoms with Gasteiger partial charge < -0.3 is 14.8 Å². The molecule has 1 fully saturated rings. The van der Waals surface area contributed by atoms with Gasteiger partial charge in [-0.1, -0.05) is 0 Å². The highest BCUT2D eigenvalue weighted by molar-refractivity contribution is 5.05. The zero-order valence-corrected chi connectivity index (χ0v) is 9.02. The van der Waals surface area contributed by atoms with Crippen LogP contribution in [0.25, 0.3) is 0 Å². The maximum atomic E-state index is 9.41. The monoisotopic (exact) mass is 210 g/mol. The van der Waals surface area contributed by atoms with Gasteiger partial charge in [-0.15, -0.1) is 0 Å². The number of piperazine rings is 1. The fourth-order valence-corrected chi connectivity index (χ4v) is 2.11. The standard InChI is InChI=1S/C11H18N2O2/c1-9-7-13(5-4-12-9)10(8-14)11-3-2-6-15-11/h2-3,6,9-10,12,14H,4-5,7-8H2,1H3. The van der Waals surface area contributed by atoms with Gasteiger partial charge in [0, 0.05) is 25.7 Å². The van der Waals surface area contributed by atoms with Gasteiger partial charge in [-0.2, -0.15) is 0 Å². The molecule has 2 unspecified atom stereocenters. The Balaban J connectivity index is 2.06. The maximum absolute atomic E-state index is 9.41. The first-order chi connectivity index (χ1) is 7.31. The van der Waals surface area contributed by atoms with Gasteiger partial charge in [0.15, 0.2) is 0 Å². The molecule has 0 amide bonds. The van der Waals surface area contributed by atoms with Crippen molar-refractivity contribution in [2.24, 2.45) is 0 Å². The minimum absolute atomic E-state index is 0.00421. The molecule has 2 heterocycles. The number of nitrogens with one attached hydrogen (secondary N) is 1. The molecule has 2 rings (SSSR count). The fourth-order valence-electron chi connectivity index (χ4n) is 2.11. The van der Waals surface area contributed by atoms with Crippen molar-refractivity contribution < 1.29 is 9.52 Å². The summed E-state index contributed by atoms with van der Waals surface area (Å²) >= 11 is 0. The number of aliphatic hydroxyl groups is 1. The molecule has 1 aliphatic rings. The molecule has 0 aliphatic carbocycles. The lowest BCUT2D eigenvalue weighted by Gasteiger charge is -2.36. The lowest BCUT2D eigenvalue weighted by atomic mass is 10.1. The summed E-state index contributed by atoms with van der Waals surface area (Å²) in [6.45, 7) is 5.14. The highest BCUT2D eigenvalue weighted by atomic mass is 16.3. The molecule has 1 aromatic rings. The van der Waals surface area contributed by atoms with Gasteiger partial charge in [0.2, 0.25) is 0 Å². The quantitative estimate of drug-likeness (QED) is 0.767. The van der Waals surface area contributed by atoms with Crippen LogP contribution in [-0.2, 0) is 0 Å². The van der Waals surface area contributed by atoms with Gasteiger partial charge in [-0.05, 0) is 19.1 Å². The number of furan rings is 1. The molecule has 1 aromatic heterocycles. The molecule has 1 aliphatic heterocycles. The highest BCUT2D eigenvalue weighted by Gasteiger charge is 2.25. The maximum Gasteiger partial charge on any atom is 0.123 e. The molecule has 2 N–H and O–H groups in total. The molecule has 4 heteroatoms. The Morgan fingerprint density at radius 3 is 3.20 bits per heavy atom. The first-order valence-corrected chi connectivity index (χ1v) is 5.43. The topological polar surface area (TPSA) is 48.6 Å². The summed E-state index contributed by atoms with van der Waals surface area (Å²) < 4.78 is 5.35. The number of nitrogens with zero attached hydrogens (tertiary/aromatic N) is 1. The Kier molecular flexibility index (Phi) is 3.41. The molecule has 0 radical (unpaired) electrons. The summed E-state index contributed by atoms with van der Waals surface area (Å²) in [5.74, 6) is 0.853. The Labute approximate surface area is 89.9 Å². The summed E-state index contributed by atoms with van der Waals surface area (Å²) in [6.07, 6.45) is 1.66. The zero-order valence-electron chi connectivity index (χ0n) is 9.02. The second kappa shape index (κ2) is 4.79. The average molecular weight is 210 g/mol. The molecule has 4 nitrogen and oxygen atoms in total. The first kappa shape index (κ1) is 10.7. The number of hydrogen-bond donors (Lipinski definition) is 2. The summed E-state index contributed by atoms with van der Waals surface area (Å²) in [7, 11) is 0. The van der Waals surface area contributed by atoms with Crippen LogP contribution in [0.2, 0.25) is 0 Å². The van der Waals surface area contributed by atoms with E-state index < -0.39 is 0 Å². The molecule has 1 saturated heterocycles. The number of hydrogen-bond acceptors (Lipinski definition) is 4. The van der Waals surface area contributed by atoms with E-state index in [0.29, 0.717) is 6.04 Å². The predicted octanol–water partition coefficient (Wildman–Crippen LogP) is 0.607. The van der Waals surface area contributed by atoms with Gasteiger partial charge in [0.05, 0.1) is 18.9 Å². The number of aliphatic hydroxyl groups excluding tert-OH is 1. The Morgan fingerprint density at radius 2 is 2.60 bits per heavy atom. The molecular formula is C11H18N2O2. The average Bonchev–Trinajstić information content (AvgIpc) is 2.72. The van der Waals surface area contributed by atoms with E-state index in [1.807, 2.05) is 12.1 Å². The van der Waals surface area contributed by atoms with Crippen molar-refractivity contribution in [2.75, 3.05) is 26.2 Å². The summed E-state index contributed by atoms with van der Waals surface area (Å²) in [5, 5.41) is 12.8. The number of rotatable bonds is 3. The molecule has 0 spiro atoms. The lowest BCUT2D eigenvalue weighted by Crippen LogP contribution is -2.50. The van der Waals surface area contributed by atoms with Crippen molar-refractivity contribution in [3.8, 4) is 0 Å². The minimum Gasteiger partial charge on any atom is -0.468 e. The van der Waals surface area contributed by atoms with E-state index in [1.165, 1.54) is 0 Å². The van der Waals surface area contributed by atoms with Crippen LogP contribution in [0.5, 0.6) is 0 Å². The van der Waals surface area contributed by atoms with Crippen LogP contribution in [0, 0.1) is 0 Å². The molecule has 2 atom stereocenters. The van der Waals surface area contributed by atoms with E-state index in [-0.39, 0.29) is 12.6 Å². The van der Waals surface area contributed by atoms with Crippen molar-refractivity contribution in [1.82, 2.24) is 10.2 Å². The van der Waals surface area contributed by atoms with Crippen LogP contribution in [-0.4, -0.2) is 42.3 Å². The van der Waals surface area contributed by atoms with Crippen LogP contribution in [0.3, 0.4) is 0 Å². The van der Waals surface area contributed by atoms with E-state index in [1.54, 1.807) is 6.26 Å². The van der Waals surface area contributed by atoms with E-state index in [0.717, 1.165) is 25.4 Å². The Bertz CT molecular complexity index is 287. The van der Waals surface area contributed by atoms with Crippen LogP contribution >= 0.6 is 0 Å². The second-order valence-corrected chi connectivity index (χ2v) is 4.06. The van der Waals surface area contributed by atoms with Gasteiger partial charge in [0.1, 0.15) is 5.76 Å². The fraction of sp³-hybridized carbons (Fsp3) is 0.636. The third-order valence-electron chi connectivity index (χ3n) is 2.89. The van der Waals surface area contributed by atoms with Gasteiger partial charge >= 0.3 is 0 Å². The molecule has 84 valence electrons. The largest absolute Gasteiger partial charge is 0.468 e. The summed E-state index contributed by atoms with van der Waals surface area (Å²) in [6, 6.07) is 4.27. The van der Waals surface area contributed by atoms with Crippen molar-refractivity contribution in [1.29, 1.82) is 0 Å². The molecule has 15 heavy (non-hydrogen) atoms. The SMILES string of the molecule is CC1CN(C(CO)c2ccco2)CCN1. The second-order valence-electron chi connectivity index (χ2n) is 4.06. The van der Waals surface area contributed by atoms with E-state index in [4.69, 9.17) is 4.42 Å².